The zero-order valence-electron chi connectivity index (χ0n) is 21.3. The first-order valence-electron chi connectivity index (χ1n) is 12.1. The highest BCUT2D eigenvalue weighted by Crippen LogP contribution is 2.47. The number of allylic oxidation sites excluding steroid dienone is 1. The summed E-state index contributed by atoms with van der Waals surface area (Å²) in [7, 11) is 3.17. The summed E-state index contributed by atoms with van der Waals surface area (Å²) in [6.07, 6.45) is 1.85. The third kappa shape index (κ3) is 5.54. The molecule has 3 aliphatic heterocycles. The first kappa shape index (κ1) is 26.1. The lowest BCUT2D eigenvalue weighted by molar-refractivity contribution is -0.143. The molecule has 0 unspecified atom stereocenters. The number of benzene rings is 1. The van der Waals surface area contributed by atoms with Gasteiger partial charge < -0.3 is 29.2 Å². The first-order chi connectivity index (χ1) is 17.3. The highest BCUT2D eigenvalue weighted by atomic mass is 32.2. The summed E-state index contributed by atoms with van der Waals surface area (Å²) in [6.45, 7) is 6.64. The van der Waals surface area contributed by atoms with Crippen molar-refractivity contribution >= 4 is 28.8 Å². The van der Waals surface area contributed by atoms with Gasteiger partial charge in [-0.1, -0.05) is 11.8 Å². The molecule has 9 nitrogen and oxygen atoms in total. The number of methoxy groups -OCH3 is 2. The molecule has 1 aromatic carbocycles. The van der Waals surface area contributed by atoms with Crippen LogP contribution in [0.2, 0.25) is 0 Å². The Labute approximate surface area is 215 Å². The minimum Gasteiger partial charge on any atom is -0.497 e. The smallest absolute Gasteiger partial charge is 0.338 e. The fourth-order valence-corrected chi connectivity index (χ4v) is 5.48. The fourth-order valence-electron chi connectivity index (χ4n) is 4.52. The highest BCUT2D eigenvalue weighted by molar-refractivity contribution is 8.16. The van der Waals surface area contributed by atoms with Crippen LogP contribution < -0.4 is 14.8 Å². The lowest BCUT2D eigenvalue weighted by Gasteiger charge is -2.37. The molecular weight excluding hydrogens is 482 g/mol. The van der Waals surface area contributed by atoms with Crippen molar-refractivity contribution in [2.75, 3.05) is 27.4 Å². The maximum absolute atomic E-state index is 13.4. The number of fused-ring (bicyclic) bond motifs is 1. The van der Waals surface area contributed by atoms with E-state index in [1.807, 2.05) is 30.2 Å². The molecule has 1 N–H and O–H groups in total. The van der Waals surface area contributed by atoms with E-state index in [0.717, 1.165) is 25.1 Å². The Hall–Kier alpha value is -2.98. The summed E-state index contributed by atoms with van der Waals surface area (Å²) in [5.74, 6) is 0.631. The number of hydrogen-bond acceptors (Lipinski definition) is 9. The third-order valence-corrected chi connectivity index (χ3v) is 7.08. The van der Waals surface area contributed by atoms with Crippen molar-refractivity contribution in [3.63, 3.8) is 0 Å². The highest BCUT2D eigenvalue weighted by Gasteiger charge is 2.42. The van der Waals surface area contributed by atoms with Crippen LogP contribution in [0.1, 0.15) is 51.6 Å². The van der Waals surface area contributed by atoms with Crippen LogP contribution in [0.5, 0.6) is 11.5 Å². The average molecular weight is 516 g/mol. The molecular formula is C26H33N3O6S. The van der Waals surface area contributed by atoms with Gasteiger partial charge in [0.05, 0.1) is 50.2 Å². The van der Waals surface area contributed by atoms with E-state index in [0.29, 0.717) is 40.0 Å². The number of amidine groups is 1. The summed E-state index contributed by atoms with van der Waals surface area (Å²) in [5, 5.41) is 5.58. The summed E-state index contributed by atoms with van der Waals surface area (Å²) in [5.41, 5.74) is 2.41. The lowest BCUT2D eigenvalue weighted by atomic mass is 9.92. The van der Waals surface area contributed by atoms with Gasteiger partial charge in [0.1, 0.15) is 11.5 Å². The molecule has 4 rings (SSSR count). The summed E-state index contributed by atoms with van der Waals surface area (Å²) >= 11 is 1.42. The van der Waals surface area contributed by atoms with E-state index in [2.05, 4.69) is 5.32 Å². The van der Waals surface area contributed by atoms with E-state index in [1.165, 1.54) is 11.8 Å². The van der Waals surface area contributed by atoms with Crippen LogP contribution in [0.15, 0.2) is 45.6 Å². The lowest BCUT2D eigenvalue weighted by Crippen LogP contribution is -2.39. The molecule has 0 spiro atoms. The Bertz CT molecular complexity index is 1110. The number of ether oxygens (including phenoxy) is 4. The van der Waals surface area contributed by atoms with Crippen molar-refractivity contribution < 1.29 is 28.5 Å². The molecule has 36 heavy (non-hydrogen) atoms. The van der Waals surface area contributed by atoms with Gasteiger partial charge in [-0.15, -0.1) is 0 Å². The van der Waals surface area contributed by atoms with Crippen LogP contribution in [-0.2, 0) is 19.1 Å². The molecule has 194 valence electrons. The number of esters is 1. The molecule has 3 aliphatic rings. The van der Waals surface area contributed by atoms with Gasteiger partial charge >= 0.3 is 5.97 Å². The number of nitrogens with one attached hydrogen (secondary N) is 1. The van der Waals surface area contributed by atoms with Gasteiger partial charge in [-0.3, -0.25) is 4.79 Å². The molecule has 2 atom stereocenters. The van der Waals surface area contributed by atoms with Gasteiger partial charge in [-0.2, -0.15) is 0 Å². The van der Waals surface area contributed by atoms with Crippen molar-refractivity contribution in [2.45, 2.75) is 58.3 Å². The molecule has 1 saturated heterocycles. The molecule has 1 fully saturated rings. The maximum Gasteiger partial charge on any atom is 0.338 e. The van der Waals surface area contributed by atoms with Crippen molar-refractivity contribution in [1.29, 1.82) is 0 Å². The molecule has 1 amide bonds. The summed E-state index contributed by atoms with van der Waals surface area (Å²) in [6, 6.07) is 4.85. The predicted octanol–water partition coefficient (Wildman–Crippen LogP) is 3.92. The van der Waals surface area contributed by atoms with Gasteiger partial charge in [0.25, 0.3) is 0 Å². The fraction of sp³-hybridized carbons (Fsp3) is 0.500. The van der Waals surface area contributed by atoms with Crippen LogP contribution in [-0.4, -0.2) is 61.5 Å². The number of thioether (sulfide) groups is 1. The third-order valence-electron chi connectivity index (χ3n) is 6.19. The van der Waals surface area contributed by atoms with Crippen molar-refractivity contribution in [3.8, 4) is 11.5 Å². The second-order valence-electron chi connectivity index (χ2n) is 9.07. The van der Waals surface area contributed by atoms with Crippen LogP contribution in [0.3, 0.4) is 0 Å². The molecule has 10 heteroatoms. The second kappa shape index (κ2) is 11.4. The van der Waals surface area contributed by atoms with Crippen molar-refractivity contribution in [1.82, 2.24) is 10.2 Å². The predicted molar refractivity (Wildman–Crippen MR) is 138 cm³/mol. The Kier molecular flexibility index (Phi) is 8.25. The molecule has 0 aromatic heterocycles. The molecule has 0 saturated carbocycles. The SMILES string of the molecule is COc1ccc(OC)c([C@H]2C(C(=O)OC(C)C)=C(C)N=C3SC=C(CC(=O)NC[C@@H]4CCCO4)N32)c1. The van der Waals surface area contributed by atoms with E-state index in [-0.39, 0.29) is 24.5 Å². The molecule has 0 aliphatic carbocycles. The molecule has 0 bridgehead atoms. The standard InChI is InChI=1S/C26H33N3O6S/c1-15(2)35-25(31)23-16(3)28-26-29(24(23)20-12-18(32-4)8-9-21(20)33-5)17(14-36-26)11-22(30)27-13-19-7-6-10-34-19/h8-9,12,14-15,19,24H,6-7,10-11,13H2,1-5H3,(H,27,30)/t19-,24-/m0/s1. The van der Waals surface area contributed by atoms with Crippen LogP contribution in [0, 0.1) is 0 Å². The van der Waals surface area contributed by atoms with Gasteiger partial charge in [0.15, 0.2) is 5.17 Å². The van der Waals surface area contributed by atoms with Crippen LogP contribution >= 0.6 is 11.8 Å². The average Bonchev–Trinajstić information content (AvgIpc) is 3.51. The zero-order valence-corrected chi connectivity index (χ0v) is 22.1. The maximum atomic E-state index is 13.4. The number of amides is 1. The Morgan fingerprint density at radius 1 is 1.28 bits per heavy atom. The number of hydrogen-bond donors (Lipinski definition) is 1. The second-order valence-corrected chi connectivity index (χ2v) is 9.91. The van der Waals surface area contributed by atoms with E-state index < -0.39 is 12.0 Å². The van der Waals surface area contributed by atoms with Gasteiger partial charge in [-0.25, -0.2) is 9.79 Å². The first-order valence-corrected chi connectivity index (χ1v) is 13.0. The number of carbonyl (C=O) groups excluding carboxylic acids is 2. The van der Waals surface area contributed by atoms with Crippen LogP contribution in [0.4, 0.5) is 0 Å². The van der Waals surface area contributed by atoms with Gasteiger partial charge in [0.2, 0.25) is 5.91 Å². The van der Waals surface area contributed by atoms with Crippen molar-refractivity contribution in [2.24, 2.45) is 4.99 Å². The largest absolute Gasteiger partial charge is 0.497 e. The number of nitrogens with zero attached hydrogens (tertiary/aromatic N) is 2. The van der Waals surface area contributed by atoms with Gasteiger partial charge in [0, 0.05) is 24.4 Å². The Morgan fingerprint density at radius 2 is 2.08 bits per heavy atom. The normalized spacial score (nSPS) is 21.2. The molecule has 3 heterocycles. The summed E-state index contributed by atoms with van der Waals surface area (Å²) in [4.78, 5) is 32.9. The van der Waals surface area contributed by atoms with Crippen LogP contribution in [0.25, 0.3) is 0 Å². The topological polar surface area (TPSA) is 98.7 Å². The van der Waals surface area contributed by atoms with Crippen molar-refractivity contribution in [3.05, 3.63) is 46.1 Å². The molecule has 0 radical (unpaired) electrons. The Balaban J connectivity index is 1.69. The van der Waals surface area contributed by atoms with E-state index in [9.17, 15) is 9.59 Å². The quantitative estimate of drug-likeness (QED) is 0.494. The minimum absolute atomic E-state index is 0.0600. The summed E-state index contributed by atoms with van der Waals surface area (Å²) < 4.78 is 22.4. The Morgan fingerprint density at radius 3 is 2.75 bits per heavy atom. The minimum atomic E-state index is -0.610. The van der Waals surface area contributed by atoms with E-state index in [1.54, 1.807) is 33.3 Å². The van der Waals surface area contributed by atoms with E-state index in [4.69, 9.17) is 23.9 Å². The van der Waals surface area contributed by atoms with E-state index >= 15 is 0 Å². The van der Waals surface area contributed by atoms with Gasteiger partial charge in [-0.05, 0) is 57.2 Å². The monoisotopic (exact) mass is 515 g/mol. The zero-order chi connectivity index (χ0) is 25.8. The number of rotatable bonds is 9. The number of aliphatic imine (C=N–C) groups is 1. The molecule has 1 aromatic rings. The number of carbonyl (C=O) groups is 2.